The molecule has 6 nitrogen and oxygen atoms in total. The highest BCUT2D eigenvalue weighted by molar-refractivity contribution is 5.64. The van der Waals surface area contributed by atoms with Gasteiger partial charge >= 0.3 is 0 Å². The molecule has 2 fully saturated rings. The fourth-order valence-corrected chi connectivity index (χ4v) is 2.88. The standard InChI is InChI=1S/C24H30O6/c1-17(25-13-23-15-29-23)11-27-21-7-3-19(4-8-21)20-5-9-22(10-6-20)28-12-18(2)26-14-24-16-30-24/h3-10,17-18,23-24H,11-16H2,1-2H3. The summed E-state index contributed by atoms with van der Waals surface area (Å²) < 4.78 is 33.3. The third-order valence-electron chi connectivity index (χ3n) is 4.95. The Morgan fingerprint density at radius 3 is 1.40 bits per heavy atom. The van der Waals surface area contributed by atoms with E-state index >= 15 is 0 Å². The van der Waals surface area contributed by atoms with Crippen LogP contribution in [0.2, 0.25) is 0 Å². The lowest BCUT2D eigenvalue weighted by atomic mass is 10.1. The summed E-state index contributed by atoms with van der Waals surface area (Å²) in [6.07, 6.45) is 0.638. The fourth-order valence-electron chi connectivity index (χ4n) is 2.88. The molecule has 4 rings (SSSR count). The van der Waals surface area contributed by atoms with Crippen molar-refractivity contribution in [3.05, 3.63) is 48.5 Å². The average molecular weight is 414 g/mol. The van der Waals surface area contributed by atoms with Crippen molar-refractivity contribution in [1.82, 2.24) is 0 Å². The van der Waals surface area contributed by atoms with E-state index < -0.39 is 0 Å². The van der Waals surface area contributed by atoms with Gasteiger partial charge in [0.05, 0.1) is 38.6 Å². The lowest BCUT2D eigenvalue weighted by molar-refractivity contribution is 0.0241. The quantitative estimate of drug-likeness (QED) is 0.466. The Kier molecular flexibility index (Phi) is 7.23. The van der Waals surface area contributed by atoms with Gasteiger partial charge in [0.15, 0.2) is 0 Å². The Morgan fingerprint density at radius 1 is 0.700 bits per heavy atom. The van der Waals surface area contributed by atoms with E-state index in [9.17, 15) is 0 Å². The average Bonchev–Trinajstić information content (AvgIpc) is 3.69. The second-order valence-corrected chi connectivity index (χ2v) is 7.87. The maximum Gasteiger partial charge on any atom is 0.119 e. The molecule has 0 radical (unpaired) electrons. The Hall–Kier alpha value is -2.12. The van der Waals surface area contributed by atoms with Crippen LogP contribution in [0, 0.1) is 0 Å². The number of rotatable bonds is 13. The van der Waals surface area contributed by atoms with E-state index in [-0.39, 0.29) is 24.4 Å². The highest BCUT2D eigenvalue weighted by Gasteiger charge is 2.24. The Balaban J connectivity index is 1.20. The van der Waals surface area contributed by atoms with Crippen molar-refractivity contribution in [1.29, 1.82) is 0 Å². The monoisotopic (exact) mass is 414 g/mol. The van der Waals surface area contributed by atoms with Gasteiger partial charge in [0.25, 0.3) is 0 Å². The van der Waals surface area contributed by atoms with Crippen LogP contribution in [0.4, 0.5) is 0 Å². The van der Waals surface area contributed by atoms with Crippen LogP contribution in [0.3, 0.4) is 0 Å². The van der Waals surface area contributed by atoms with Crippen LogP contribution < -0.4 is 9.47 Å². The summed E-state index contributed by atoms with van der Waals surface area (Å²) in [5.74, 6) is 1.67. The highest BCUT2D eigenvalue weighted by atomic mass is 16.6. The van der Waals surface area contributed by atoms with Crippen LogP contribution in [-0.4, -0.2) is 64.1 Å². The van der Waals surface area contributed by atoms with Gasteiger partial charge < -0.3 is 28.4 Å². The number of epoxide rings is 2. The predicted octanol–water partition coefficient (Wildman–Crippen LogP) is 3.72. The molecule has 4 unspecified atom stereocenters. The number of benzene rings is 2. The van der Waals surface area contributed by atoms with Crippen molar-refractivity contribution >= 4 is 0 Å². The highest BCUT2D eigenvalue weighted by Crippen LogP contribution is 2.25. The molecule has 0 amide bonds. The van der Waals surface area contributed by atoms with Gasteiger partial charge in [-0.05, 0) is 49.2 Å². The van der Waals surface area contributed by atoms with Crippen molar-refractivity contribution in [3.63, 3.8) is 0 Å². The molecule has 2 saturated heterocycles. The Labute approximate surface area is 178 Å². The van der Waals surface area contributed by atoms with Crippen molar-refractivity contribution in [3.8, 4) is 22.6 Å². The molecule has 2 aliphatic rings. The molecule has 0 bridgehead atoms. The van der Waals surface area contributed by atoms with E-state index in [4.69, 9.17) is 28.4 Å². The minimum Gasteiger partial charge on any atom is -0.491 e. The molecule has 6 heteroatoms. The summed E-state index contributed by atoms with van der Waals surface area (Å²) in [5.41, 5.74) is 2.26. The molecule has 0 aromatic heterocycles. The molecule has 2 aromatic rings. The molecular formula is C24H30O6. The van der Waals surface area contributed by atoms with E-state index in [0.717, 1.165) is 35.8 Å². The topological polar surface area (TPSA) is 62.0 Å². The van der Waals surface area contributed by atoms with Gasteiger partial charge in [0.2, 0.25) is 0 Å². The number of hydrogen-bond acceptors (Lipinski definition) is 6. The van der Waals surface area contributed by atoms with Crippen LogP contribution in [0.5, 0.6) is 11.5 Å². The molecule has 0 spiro atoms. The molecule has 162 valence electrons. The van der Waals surface area contributed by atoms with Crippen LogP contribution in [0.15, 0.2) is 48.5 Å². The lowest BCUT2D eigenvalue weighted by Gasteiger charge is -2.14. The van der Waals surface area contributed by atoms with Gasteiger partial charge in [0.1, 0.15) is 36.9 Å². The van der Waals surface area contributed by atoms with E-state index in [1.165, 1.54) is 0 Å². The van der Waals surface area contributed by atoms with E-state index in [0.29, 0.717) is 26.4 Å². The first kappa shape index (κ1) is 21.1. The minimum atomic E-state index is 0.0385. The van der Waals surface area contributed by atoms with E-state index in [1.54, 1.807) is 0 Å². The summed E-state index contributed by atoms with van der Waals surface area (Å²) in [7, 11) is 0. The fraction of sp³-hybridized carbons (Fsp3) is 0.500. The molecule has 4 atom stereocenters. The van der Waals surface area contributed by atoms with Gasteiger partial charge in [-0.3, -0.25) is 0 Å². The van der Waals surface area contributed by atoms with Gasteiger partial charge in [-0.1, -0.05) is 24.3 Å². The van der Waals surface area contributed by atoms with Gasteiger partial charge in [-0.25, -0.2) is 0 Å². The summed E-state index contributed by atoms with van der Waals surface area (Å²) in [4.78, 5) is 0. The predicted molar refractivity (Wildman–Crippen MR) is 113 cm³/mol. The first-order valence-corrected chi connectivity index (χ1v) is 10.6. The maximum absolute atomic E-state index is 5.82. The van der Waals surface area contributed by atoms with Crippen molar-refractivity contribution < 1.29 is 28.4 Å². The van der Waals surface area contributed by atoms with Crippen LogP contribution in [0.1, 0.15) is 13.8 Å². The molecule has 0 aliphatic carbocycles. The summed E-state index contributed by atoms with van der Waals surface area (Å²) in [5, 5.41) is 0. The first-order chi connectivity index (χ1) is 14.7. The molecule has 30 heavy (non-hydrogen) atoms. The first-order valence-electron chi connectivity index (χ1n) is 10.6. The largest absolute Gasteiger partial charge is 0.491 e. The zero-order chi connectivity index (χ0) is 20.8. The molecule has 2 aliphatic heterocycles. The summed E-state index contributed by atoms with van der Waals surface area (Å²) in [6.45, 7) is 7.97. The minimum absolute atomic E-state index is 0.0385. The van der Waals surface area contributed by atoms with Crippen LogP contribution >= 0.6 is 0 Å². The molecule has 0 saturated carbocycles. The van der Waals surface area contributed by atoms with Gasteiger partial charge in [-0.2, -0.15) is 0 Å². The van der Waals surface area contributed by atoms with Crippen molar-refractivity contribution in [2.45, 2.75) is 38.3 Å². The third-order valence-corrected chi connectivity index (χ3v) is 4.95. The van der Waals surface area contributed by atoms with Gasteiger partial charge in [-0.15, -0.1) is 0 Å². The molecule has 0 N–H and O–H groups in total. The lowest BCUT2D eigenvalue weighted by Crippen LogP contribution is -2.20. The Morgan fingerprint density at radius 2 is 1.07 bits per heavy atom. The zero-order valence-electron chi connectivity index (χ0n) is 17.6. The van der Waals surface area contributed by atoms with E-state index in [2.05, 4.69) is 24.3 Å². The molecule has 2 heterocycles. The number of hydrogen-bond donors (Lipinski definition) is 0. The maximum atomic E-state index is 5.82. The number of ether oxygens (including phenoxy) is 6. The normalized spacial score (nSPS) is 21.7. The van der Waals surface area contributed by atoms with Crippen LogP contribution in [0.25, 0.3) is 11.1 Å². The smallest absolute Gasteiger partial charge is 0.119 e. The molecule has 2 aromatic carbocycles. The molecular weight excluding hydrogens is 384 g/mol. The van der Waals surface area contributed by atoms with Crippen LogP contribution in [-0.2, 0) is 18.9 Å². The van der Waals surface area contributed by atoms with Crippen molar-refractivity contribution in [2.24, 2.45) is 0 Å². The third kappa shape index (κ3) is 6.99. The second-order valence-electron chi connectivity index (χ2n) is 7.87. The van der Waals surface area contributed by atoms with Gasteiger partial charge in [0, 0.05) is 0 Å². The summed E-state index contributed by atoms with van der Waals surface area (Å²) >= 11 is 0. The zero-order valence-corrected chi connectivity index (χ0v) is 17.6. The van der Waals surface area contributed by atoms with E-state index in [1.807, 2.05) is 38.1 Å². The SMILES string of the molecule is CC(COc1ccc(-c2ccc(OCC(C)OCC3CO3)cc2)cc1)OCC1CO1. The van der Waals surface area contributed by atoms with Crippen molar-refractivity contribution in [2.75, 3.05) is 39.6 Å². The summed E-state index contributed by atoms with van der Waals surface area (Å²) in [6, 6.07) is 16.2. The Bertz CT molecular complexity index is 700. The second kappa shape index (κ2) is 10.3.